The van der Waals surface area contributed by atoms with E-state index < -0.39 is 6.10 Å². The van der Waals surface area contributed by atoms with Crippen LogP contribution >= 0.6 is 11.6 Å². The molecule has 0 aliphatic carbocycles. The van der Waals surface area contributed by atoms with E-state index in [-0.39, 0.29) is 12.5 Å². The molecule has 2 N–H and O–H groups in total. The van der Waals surface area contributed by atoms with Crippen LogP contribution in [0.1, 0.15) is 67.2 Å². The van der Waals surface area contributed by atoms with E-state index in [4.69, 9.17) is 25.8 Å². The second-order valence-electron chi connectivity index (χ2n) is 8.33. The van der Waals surface area contributed by atoms with Gasteiger partial charge in [-0.15, -0.1) is 16.7 Å². The van der Waals surface area contributed by atoms with E-state index >= 15 is 0 Å². The van der Waals surface area contributed by atoms with Crippen molar-refractivity contribution in [3.63, 3.8) is 0 Å². The first-order valence-electron chi connectivity index (χ1n) is 12.0. The second-order valence-corrected chi connectivity index (χ2v) is 8.71. The Morgan fingerprint density at radius 3 is 2.57 bits per heavy atom. The molecule has 1 aliphatic heterocycles. The van der Waals surface area contributed by atoms with Crippen molar-refractivity contribution in [2.45, 2.75) is 51.0 Å². The Morgan fingerprint density at radius 1 is 1.06 bits per heavy atom. The first-order chi connectivity index (χ1) is 17.2. The number of carbonyl (C=O) groups is 1. The summed E-state index contributed by atoms with van der Waals surface area (Å²) in [7, 11) is 0. The van der Waals surface area contributed by atoms with Crippen LogP contribution in [0, 0.1) is 0 Å². The Balaban J connectivity index is 1.25. The van der Waals surface area contributed by atoms with Gasteiger partial charge in [0.1, 0.15) is 12.4 Å². The summed E-state index contributed by atoms with van der Waals surface area (Å²) in [5.41, 5.74) is 1.02. The number of nitrogens with one attached hydrogen (secondary N) is 2. The SMILES string of the molecule is O=C(Nc1cccc2c1OC(c1nnn[nH]1)CO2)c1ccc(OCCCCCCCCCCl)cc1. The molecule has 3 aromatic rings. The third kappa shape index (κ3) is 7.08. The van der Waals surface area contributed by atoms with E-state index in [0.717, 1.165) is 30.9 Å². The number of unbranched alkanes of at least 4 members (excludes halogenated alkanes) is 6. The number of hydrogen-bond donors (Lipinski definition) is 2. The number of halogens is 1. The van der Waals surface area contributed by atoms with E-state index in [1.54, 1.807) is 30.3 Å². The van der Waals surface area contributed by atoms with Gasteiger partial charge in [-0.3, -0.25) is 4.79 Å². The van der Waals surface area contributed by atoms with Crippen LogP contribution in [0.2, 0.25) is 0 Å². The second kappa shape index (κ2) is 12.9. The third-order valence-corrected chi connectivity index (χ3v) is 5.97. The molecular weight excluding hydrogens is 470 g/mol. The molecule has 1 aliphatic rings. The van der Waals surface area contributed by atoms with E-state index in [1.165, 1.54) is 25.7 Å². The first kappa shape index (κ1) is 24.8. The first-order valence-corrected chi connectivity index (χ1v) is 12.5. The van der Waals surface area contributed by atoms with Gasteiger partial charge in [0.2, 0.25) is 0 Å². The highest BCUT2D eigenvalue weighted by Crippen LogP contribution is 2.41. The number of tetrazole rings is 1. The summed E-state index contributed by atoms with van der Waals surface area (Å²) in [6.07, 6.45) is 7.72. The van der Waals surface area contributed by atoms with E-state index in [0.29, 0.717) is 35.2 Å². The van der Waals surface area contributed by atoms with Crippen molar-refractivity contribution in [3.8, 4) is 17.2 Å². The van der Waals surface area contributed by atoms with E-state index in [2.05, 4.69) is 25.9 Å². The normalized spacial score (nSPS) is 14.5. The zero-order chi connectivity index (χ0) is 24.3. The summed E-state index contributed by atoms with van der Waals surface area (Å²) in [6.45, 7) is 0.930. The molecule has 0 radical (unpaired) electrons. The molecule has 0 spiro atoms. The molecule has 1 aromatic heterocycles. The maximum absolute atomic E-state index is 12.9. The summed E-state index contributed by atoms with van der Waals surface area (Å²) in [6, 6.07) is 12.5. The summed E-state index contributed by atoms with van der Waals surface area (Å²) in [4.78, 5) is 12.9. The van der Waals surface area contributed by atoms with Gasteiger partial charge in [-0.05, 0) is 59.7 Å². The van der Waals surface area contributed by atoms with Crippen LogP contribution in [0.3, 0.4) is 0 Å². The number of para-hydroxylation sites is 1. The number of anilines is 1. The zero-order valence-corrected chi connectivity index (χ0v) is 20.3. The summed E-state index contributed by atoms with van der Waals surface area (Å²) in [5, 5.41) is 16.6. The summed E-state index contributed by atoms with van der Waals surface area (Å²) < 4.78 is 17.6. The third-order valence-electron chi connectivity index (χ3n) is 5.71. The number of nitrogens with zero attached hydrogens (tertiary/aromatic N) is 3. The van der Waals surface area contributed by atoms with Gasteiger partial charge in [0.25, 0.3) is 5.91 Å². The highest BCUT2D eigenvalue weighted by atomic mass is 35.5. The van der Waals surface area contributed by atoms with Crippen molar-refractivity contribution in [3.05, 3.63) is 53.9 Å². The van der Waals surface area contributed by atoms with Crippen LogP contribution in [-0.2, 0) is 0 Å². The Kier molecular flexibility index (Phi) is 9.17. The lowest BCUT2D eigenvalue weighted by Crippen LogP contribution is -2.24. The molecule has 1 unspecified atom stereocenters. The van der Waals surface area contributed by atoms with Crippen LogP contribution < -0.4 is 19.5 Å². The van der Waals surface area contributed by atoms with Crippen molar-refractivity contribution in [2.75, 3.05) is 24.4 Å². The summed E-state index contributed by atoms with van der Waals surface area (Å²) in [5.74, 6) is 2.69. The minimum Gasteiger partial charge on any atom is -0.494 e. The monoisotopic (exact) mass is 499 g/mol. The van der Waals surface area contributed by atoms with E-state index in [9.17, 15) is 4.79 Å². The minimum atomic E-state index is -0.497. The van der Waals surface area contributed by atoms with Gasteiger partial charge in [-0.2, -0.15) is 0 Å². The molecular formula is C25H30ClN5O4. The van der Waals surface area contributed by atoms with Crippen molar-refractivity contribution in [2.24, 2.45) is 0 Å². The average Bonchev–Trinajstić information content (AvgIpc) is 3.43. The minimum absolute atomic E-state index is 0.258. The van der Waals surface area contributed by atoms with Gasteiger partial charge in [0.05, 0.1) is 12.3 Å². The fourth-order valence-corrected chi connectivity index (χ4v) is 3.99. The number of benzene rings is 2. The number of alkyl halides is 1. The lowest BCUT2D eigenvalue weighted by atomic mass is 10.1. The summed E-state index contributed by atoms with van der Waals surface area (Å²) >= 11 is 5.70. The predicted molar refractivity (Wildman–Crippen MR) is 132 cm³/mol. The molecule has 0 bridgehead atoms. The molecule has 2 heterocycles. The van der Waals surface area contributed by atoms with Crippen LogP contribution in [0.5, 0.6) is 17.2 Å². The Bertz CT molecular complexity index is 1060. The van der Waals surface area contributed by atoms with Gasteiger partial charge in [-0.1, -0.05) is 38.2 Å². The molecule has 10 heteroatoms. The number of H-pyrrole nitrogens is 1. The van der Waals surface area contributed by atoms with E-state index in [1.807, 2.05) is 12.1 Å². The zero-order valence-electron chi connectivity index (χ0n) is 19.5. The molecule has 0 saturated heterocycles. The number of ether oxygens (including phenoxy) is 3. The highest BCUT2D eigenvalue weighted by Gasteiger charge is 2.28. The molecule has 2 aromatic carbocycles. The van der Waals surface area contributed by atoms with Crippen LogP contribution in [-0.4, -0.2) is 45.6 Å². The van der Waals surface area contributed by atoms with Crippen molar-refractivity contribution >= 4 is 23.2 Å². The number of rotatable bonds is 13. The lowest BCUT2D eigenvalue weighted by Gasteiger charge is -2.26. The van der Waals surface area contributed by atoms with Crippen LogP contribution in [0.4, 0.5) is 5.69 Å². The number of aromatic amines is 1. The largest absolute Gasteiger partial charge is 0.494 e. The molecule has 4 rings (SSSR count). The Labute approximate surface area is 209 Å². The molecule has 186 valence electrons. The molecule has 1 atom stereocenters. The maximum atomic E-state index is 12.9. The van der Waals surface area contributed by atoms with Gasteiger partial charge < -0.3 is 19.5 Å². The van der Waals surface area contributed by atoms with Crippen LogP contribution in [0.15, 0.2) is 42.5 Å². The van der Waals surface area contributed by atoms with Crippen molar-refractivity contribution in [1.29, 1.82) is 0 Å². The fraction of sp³-hybridized carbons (Fsp3) is 0.440. The van der Waals surface area contributed by atoms with Crippen LogP contribution in [0.25, 0.3) is 0 Å². The predicted octanol–water partition coefficient (Wildman–Crippen LogP) is 5.31. The molecule has 9 nitrogen and oxygen atoms in total. The van der Waals surface area contributed by atoms with Crippen molar-refractivity contribution < 1.29 is 19.0 Å². The van der Waals surface area contributed by atoms with Gasteiger partial charge in [0.15, 0.2) is 23.4 Å². The number of fused-ring (bicyclic) bond motifs is 1. The average molecular weight is 500 g/mol. The standard InChI is InChI=1S/C25H30ClN5O4/c26-15-6-4-2-1-3-5-7-16-33-19-13-11-18(12-14-19)25(32)27-20-9-8-10-21-23(20)35-22(17-34-21)24-28-30-31-29-24/h8-14,22H,1-7,15-17H2,(H,27,32)(H,28,29,30,31). The molecule has 35 heavy (non-hydrogen) atoms. The number of carbonyl (C=O) groups excluding carboxylic acids is 1. The lowest BCUT2D eigenvalue weighted by molar-refractivity contribution is 0.0856. The van der Waals surface area contributed by atoms with Gasteiger partial charge >= 0.3 is 0 Å². The van der Waals surface area contributed by atoms with Gasteiger partial charge in [0, 0.05) is 11.4 Å². The number of hydrogen-bond acceptors (Lipinski definition) is 7. The quantitative estimate of drug-likeness (QED) is 0.242. The topological polar surface area (TPSA) is 111 Å². The molecule has 0 fully saturated rings. The fourth-order valence-electron chi connectivity index (χ4n) is 3.80. The number of aromatic nitrogens is 4. The van der Waals surface area contributed by atoms with Gasteiger partial charge in [-0.25, -0.2) is 5.10 Å². The Morgan fingerprint density at radius 2 is 1.83 bits per heavy atom. The Hall–Kier alpha value is -3.33. The van der Waals surface area contributed by atoms with Crippen molar-refractivity contribution in [1.82, 2.24) is 20.6 Å². The molecule has 1 amide bonds. The molecule has 0 saturated carbocycles. The number of amides is 1. The maximum Gasteiger partial charge on any atom is 0.255 e. The highest BCUT2D eigenvalue weighted by molar-refractivity contribution is 6.17. The smallest absolute Gasteiger partial charge is 0.255 e.